The Hall–Kier alpha value is -6.51. The van der Waals surface area contributed by atoms with Crippen molar-refractivity contribution in [1.29, 1.82) is 0 Å². The fourth-order valence-corrected chi connectivity index (χ4v) is 8.05. The number of fused-ring (bicyclic) bond motifs is 6. The lowest BCUT2D eigenvalue weighted by Crippen LogP contribution is -2.38. The van der Waals surface area contributed by atoms with Crippen molar-refractivity contribution in [3.05, 3.63) is 205 Å². The van der Waals surface area contributed by atoms with Gasteiger partial charge in [-0.3, -0.25) is 0 Å². The summed E-state index contributed by atoms with van der Waals surface area (Å²) in [7, 11) is 0. The lowest BCUT2D eigenvalue weighted by atomic mass is 9.90. The summed E-state index contributed by atoms with van der Waals surface area (Å²) >= 11 is 0. The Morgan fingerprint density at radius 1 is 0.400 bits per heavy atom. The van der Waals surface area contributed by atoms with Crippen LogP contribution in [0.2, 0.25) is 0 Å². The van der Waals surface area contributed by atoms with Crippen molar-refractivity contribution in [2.45, 2.75) is 6.04 Å². The van der Waals surface area contributed by atoms with E-state index in [1.165, 1.54) is 77.6 Å². The van der Waals surface area contributed by atoms with Crippen molar-refractivity contribution in [3.63, 3.8) is 0 Å². The third kappa shape index (κ3) is 4.61. The molecule has 2 heteroatoms. The molecule has 0 bridgehead atoms. The van der Waals surface area contributed by atoms with Crippen molar-refractivity contribution in [2.24, 2.45) is 0 Å². The third-order valence-corrected chi connectivity index (χ3v) is 10.3. The van der Waals surface area contributed by atoms with E-state index < -0.39 is 0 Å². The summed E-state index contributed by atoms with van der Waals surface area (Å²) in [4.78, 5) is 0. The lowest BCUT2D eigenvalue weighted by Gasteiger charge is -2.17. The fraction of sp³-hybridized carbons (Fsp3) is 0.0208. The molecule has 1 atom stereocenters. The molecular formula is C48H33N2+. The summed E-state index contributed by atoms with van der Waals surface area (Å²) in [5.41, 5.74) is 15.9. The quantitative estimate of drug-likeness (QED) is 0.166. The van der Waals surface area contributed by atoms with E-state index in [1.54, 1.807) is 0 Å². The second kappa shape index (κ2) is 11.6. The average Bonchev–Trinajstić information content (AvgIpc) is 3.71. The van der Waals surface area contributed by atoms with E-state index in [0.29, 0.717) is 0 Å². The Kier molecular flexibility index (Phi) is 6.60. The summed E-state index contributed by atoms with van der Waals surface area (Å²) in [5, 5.41) is 2.52. The number of para-hydroxylation sites is 2. The summed E-state index contributed by atoms with van der Waals surface area (Å²) in [6.45, 7) is 0. The zero-order valence-electron chi connectivity index (χ0n) is 27.4. The van der Waals surface area contributed by atoms with Gasteiger partial charge in [-0.2, -0.15) is 4.57 Å². The summed E-state index contributed by atoms with van der Waals surface area (Å²) in [6, 6.07) is 68.8. The molecule has 0 spiro atoms. The van der Waals surface area contributed by atoms with Crippen molar-refractivity contribution in [3.8, 4) is 50.3 Å². The van der Waals surface area contributed by atoms with Crippen molar-refractivity contribution >= 4 is 21.8 Å². The van der Waals surface area contributed by atoms with Gasteiger partial charge in [-0.05, 0) is 94.0 Å². The molecule has 0 fully saturated rings. The third-order valence-electron chi connectivity index (χ3n) is 10.3. The molecule has 2 aromatic heterocycles. The number of aromatic nitrogens is 2. The van der Waals surface area contributed by atoms with Gasteiger partial charge in [0.1, 0.15) is 0 Å². The second-order valence-electron chi connectivity index (χ2n) is 13.2. The van der Waals surface area contributed by atoms with Crippen molar-refractivity contribution < 1.29 is 4.57 Å². The first-order chi connectivity index (χ1) is 24.8. The molecule has 9 aromatic rings. The zero-order chi connectivity index (χ0) is 33.0. The maximum atomic E-state index is 2.45. The van der Waals surface area contributed by atoms with Gasteiger partial charge in [-0.25, -0.2) is 0 Å². The number of hydrogen-bond donors (Lipinski definition) is 0. The summed E-state index contributed by atoms with van der Waals surface area (Å²) < 4.78 is 4.89. The van der Waals surface area contributed by atoms with E-state index in [9.17, 15) is 0 Å². The SMILES string of the molecule is c1ccc(-c2cc(-c3ccccc3)cc(-c3cc(C4c5ccccc5-c5cccc[n+]54)cc(-n4c5ccccc5c5ccccc54)c3)c2)cc1. The molecule has 0 saturated heterocycles. The smallest absolute Gasteiger partial charge is 0.213 e. The van der Waals surface area contributed by atoms with Crippen LogP contribution < -0.4 is 4.57 Å². The normalized spacial score (nSPS) is 13.4. The number of rotatable bonds is 5. The van der Waals surface area contributed by atoms with Gasteiger partial charge in [-0.15, -0.1) is 0 Å². The highest BCUT2D eigenvalue weighted by Crippen LogP contribution is 2.41. The number of hydrogen-bond acceptors (Lipinski definition) is 0. The number of pyridine rings is 1. The second-order valence-corrected chi connectivity index (χ2v) is 13.2. The van der Waals surface area contributed by atoms with Crippen LogP contribution in [0.5, 0.6) is 0 Å². The number of nitrogens with zero attached hydrogens (tertiary/aromatic N) is 2. The van der Waals surface area contributed by atoms with Gasteiger partial charge < -0.3 is 4.57 Å². The molecule has 3 heterocycles. The van der Waals surface area contributed by atoms with Crippen LogP contribution in [0, 0.1) is 0 Å². The van der Waals surface area contributed by atoms with Crippen LogP contribution >= 0.6 is 0 Å². The van der Waals surface area contributed by atoms with Crippen LogP contribution in [-0.4, -0.2) is 4.57 Å². The predicted octanol–water partition coefficient (Wildman–Crippen LogP) is 11.7. The molecule has 1 aliphatic heterocycles. The minimum atomic E-state index is 0.0418. The predicted molar refractivity (Wildman–Crippen MR) is 206 cm³/mol. The van der Waals surface area contributed by atoms with Crippen LogP contribution in [0.15, 0.2) is 194 Å². The lowest BCUT2D eigenvalue weighted by molar-refractivity contribution is -0.688. The fourth-order valence-electron chi connectivity index (χ4n) is 8.05. The Labute approximate surface area is 291 Å². The monoisotopic (exact) mass is 637 g/mol. The van der Waals surface area contributed by atoms with Gasteiger partial charge in [0, 0.05) is 39.7 Å². The highest BCUT2D eigenvalue weighted by molar-refractivity contribution is 6.09. The van der Waals surface area contributed by atoms with Crippen molar-refractivity contribution in [2.75, 3.05) is 0 Å². The first-order valence-electron chi connectivity index (χ1n) is 17.3. The van der Waals surface area contributed by atoms with Crippen LogP contribution in [0.3, 0.4) is 0 Å². The van der Waals surface area contributed by atoms with Crippen LogP contribution in [0.1, 0.15) is 17.2 Å². The topological polar surface area (TPSA) is 8.81 Å². The first-order valence-corrected chi connectivity index (χ1v) is 17.3. The molecule has 2 nitrogen and oxygen atoms in total. The Morgan fingerprint density at radius 3 is 1.58 bits per heavy atom. The van der Waals surface area contributed by atoms with E-state index in [4.69, 9.17) is 0 Å². The largest absolute Gasteiger partial charge is 0.309 e. The molecule has 1 aliphatic rings. The molecule has 234 valence electrons. The molecule has 0 radical (unpaired) electrons. The minimum Gasteiger partial charge on any atom is -0.309 e. The van der Waals surface area contributed by atoms with E-state index in [0.717, 1.165) is 5.69 Å². The van der Waals surface area contributed by atoms with Gasteiger partial charge in [0.15, 0.2) is 6.20 Å². The zero-order valence-corrected chi connectivity index (χ0v) is 27.4. The molecule has 7 aromatic carbocycles. The Morgan fingerprint density at radius 2 is 0.920 bits per heavy atom. The van der Waals surface area contributed by atoms with Gasteiger partial charge in [0.2, 0.25) is 11.7 Å². The molecular weight excluding hydrogens is 605 g/mol. The highest BCUT2D eigenvalue weighted by Gasteiger charge is 2.37. The van der Waals surface area contributed by atoms with Gasteiger partial charge in [0.05, 0.1) is 16.6 Å². The molecule has 1 unspecified atom stereocenters. The molecule has 50 heavy (non-hydrogen) atoms. The summed E-state index contributed by atoms with van der Waals surface area (Å²) in [5.74, 6) is 0. The Bertz CT molecular complexity index is 2550. The van der Waals surface area contributed by atoms with Crippen LogP contribution in [0.25, 0.3) is 72.1 Å². The standard InChI is InChI=1S/C48H33N2/c1-3-15-33(16-4-1)35-27-36(34-17-5-2-6-18-34)29-37(28-35)38-30-39(48-44-22-8-7-21-43(44)45-23-13-14-26-49(45)48)32-40(31-38)50-46-24-11-9-19-41(46)42-20-10-12-25-47(42)50/h1-32,48H/q+1. The van der Waals surface area contributed by atoms with E-state index in [2.05, 4.69) is 203 Å². The number of benzene rings is 7. The average molecular weight is 638 g/mol. The van der Waals surface area contributed by atoms with Crippen LogP contribution in [-0.2, 0) is 0 Å². The Balaban J connectivity index is 1.28. The minimum absolute atomic E-state index is 0.0418. The first kappa shape index (κ1) is 28.5. The van der Waals surface area contributed by atoms with Gasteiger partial charge in [0.25, 0.3) is 0 Å². The maximum Gasteiger partial charge on any atom is 0.213 e. The molecule has 0 amide bonds. The molecule has 0 N–H and O–H groups in total. The van der Waals surface area contributed by atoms with E-state index in [-0.39, 0.29) is 6.04 Å². The molecule has 0 saturated carbocycles. The van der Waals surface area contributed by atoms with Gasteiger partial charge in [-0.1, -0.05) is 115 Å². The summed E-state index contributed by atoms with van der Waals surface area (Å²) in [6.07, 6.45) is 2.23. The molecule has 0 aliphatic carbocycles. The van der Waals surface area contributed by atoms with Crippen LogP contribution in [0.4, 0.5) is 0 Å². The van der Waals surface area contributed by atoms with E-state index >= 15 is 0 Å². The highest BCUT2D eigenvalue weighted by atomic mass is 15.0. The van der Waals surface area contributed by atoms with Crippen molar-refractivity contribution in [1.82, 2.24) is 4.57 Å². The molecule has 10 rings (SSSR count). The van der Waals surface area contributed by atoms with Gasteiger partial charge >= 0.3 is 0 Å². The maximum absolute atomic E-state index is 2.45. The van der Waals surface area contributed by atoms with E-state index in [1.807, 2.05) is 0 Å².